The van der Waals surface area contributed by atoms with Crippen LogP contribution in [0.25, 0.3) is 11.4 Å². The molecule has 1 heterocycles. The van der Waals surface area contributed by atoms with Crippen LogP contribution >= 0.6 is 27.5 Å². The molecule has 6 heteroatoms. The van der Waals surface area contributed by atoms with E-state index in [0.29, 0.717) is 15.9 Å². The average Bonchev–Trinajstić information content (AvgIpc) is 2.96. The van der Waals surface area contributed by atoms with Gasteiger partial charge in [0.2, 0.25) is 11.7 Å². The van der Waals surface area contributed by atoms with Gasteiger partial charge < -0.3 is 4.52 Å². The van der Waals surface area contributed by atoms with Crippen molar-refractivity contribution in [3.63, 3.8) is 0 Å². The second-order valence-electron chi connectivity index (χ2n) is 4.39. The zero-order valence-electron chi connectivity index (χ0n) is 10.6. The Balaban J connectivity index is 1.93. The Morgan fingerprint density at radius 2 is 1.90 bits per heavy atom. The number of benzene rings is 2. The van der Waals surface area contributed by atoms with Crippen LogP contribution in [0.15, 0.2) is 57.5 Å². The van der Waals surface area contributed by atoms with Crippen LogP contribution in [0.1, 0.15) is 16.8 Å². The summed E-state index contributed by atoms with van der Waals surface area (Å²) in [4.78, 5) is 4.24. The van der Waals surface area contributed by atoms with Crippen LogP contribution in [0.5, 0.6) is 0 Å². The highest BCUT2D eigenvalue weighted by Crippen LogP contribution is 2.29. The number of nitrogens with zero attached hydrogens (tertiary/aromatic N) is 2. The van der Waals surface area contributed by atoms with E-state index in [2.05, 4.69) is 26.1 Å². The first-order valence-electron chi connectivity index (χ1n) is 6.12. The summed E-state index contributed by atoms with van der Waals surface area (Å²) in [5.74, 6) is 0.196. The monoisotopic (exact) mass is 366 g/mol. The lowest BCUT2D eigenvalue weighted by atomic mass is 10.1. The molecule has 21 heavy (non-hydrogen) atoms. The van der Waals surface area contributed by atoms with Gasteiger partial charge in [-0.05, 0) is 23.8 Å². The number of rotatable bonds is 3. The van der Waals surface area contributed by atoms with E-state index >= 15 is 0 Å². The molecule has 1 atom stereocenters. The van der Waals surface area contributed by atoms with Gasteiger partial charge in [-0.15, -0.1) is 11.6 Å². The van der Waals surface area contributed by atoms with Crippen molar-refractivity contribution in [3.05, 3.63) is 70.3 Å². The number of hydrogen-bond donors (Lipinski definition) is 0. The van der Waals surface area contributed by atoms with Gasteiger partial charge in [0.1, 0.15) is 11.2 Å². The highest BCUT2D eigenvalue weighted by Gasteiger charge is 2.19. The fourth-order valence-electron chi connectivity index (χ4n) is 1.90. The average molecular weight is 368 g/mol. The SMILES string of the molecule is Fc1cc(Br)cc(-c2noc(C(Cl)c3ccccc3)n2)c1. The first-order chi connectivity index (χ1) is 10.1. The smallest absolute Gasteiger partial charge is 0.249 e. The zero-order valence-corrected chi connectivity index (χ0v) is 13.0. The van der Waals surface area contributed by atoms with Crippen LogP contribution in [-0.2, 0) is 0 Å². The van der Waals surface area contributed by atoms with Crippen molar-refractivity contribution in [2.45, 2.75) is 5.38 Å². The van der Waals surface area contributed by atoms with E-state index in [1.807, 2.05) is 30.3 Å². The summed E-state index contributed by atoms with van der Waals surface area (Å²) < 4.78 is 19.2. The molecule has 3 aromatic rings. The minimum atomic E-state index is -0.538. The van der Waals surface area contributed by atoms with Crippen LogP contribution in [0.2, 0.25) is 0 Å². The molecule has 3 rings (SSSR count). The Kier molecular flexibility index (Phi) is 4.03. The molecule has 0 saturated heterocycles. The van der Waals surface area contributed by atoms with Gasteiger partial charge in [0.05, 0.1) is 0 Å². The molecule has 2 aromatic carbocycles. The minimum Gasteiger partial charge on any atom is -0.337 e. The predicted molar refractivity (Wildman–Crippen MR) is 81.5 cm³/mol. The van der Waals surface area contributed by atoms with E-state index in [0.717, 1.165) is 5.56 Å². The Morgan fingerprint density at radius 1 is 1.14 bits per heavy atom. The maximum atomic E-state index is 13.4. The van der Waals surface area contributed by atoms with Gasteiger partial charge in [-0.3, -0.25) is 0 Å². The number of hydrogen-bond acceptors (Lipinski definition) is 3. The molecular weight excluding hydrogens is 359 g/mol. The molecule has 0 saturated carbocycles. The van der Waals surface area contributed by atoms with Gasteiger partial charge in [0.15, 0.2) is 0 Å². The van der Waals surface area contributed by atoms with Crippen molar-refractivity contribution < 1.29 is 8.91 Å². The topological polar surface area (TPSA) is 38.9 Å². The molecule has 0 bridgehead atoms. The molecule has 0 aliphatic heterocycles. The van der Waals surface area contributed by atoms with Crippen LogP contribution in [-0.4, -0.2) is 10.1 Å². The van der Waals surface area contributed by atoms with Crippen molar-refractivity contribution in [1.29, 1.82) is 0 Å². The van der Waals surface area contributed by atoms with Crippen LogP contribution in [0, 0.1) is 5.82 Å². The summed E-state index contributed by atoms with van der Waals surface area (Å²) in [6, 6.07) is 13.8. The zero-order chi connectivity index (χ0) is 14.8. The maximum absolute atomic E-state index is 13.4. The van der Waals surface area contributed by atoms with Crippen molar-refractivity contribution in [2.75, 3.05) is 0 Å². The molecule has 3 nitrogen and oxygen atoms in total. The van der Waals surface area contributed by atoms with E-state index in [-0.39, 0.29) is 11.7 Å². The van der Waals surface area contributed by atoms with Crippen molar-refractivity contribution in [2.24, 2.45) is 0 Å². The van der Waals surface area contributed by atoms with E-state index in [4.69, 9.17) is 16.1 Å². The van der Waals surface area contributed by atoms with E-state index < -0.39 is 5.38 Å². The Labute approximate surface area is 133 Å². The summed E-state index contributed by atoms with van der Waals surface area (Å²) >= 11 is 9.55. The van der Waals surface area contributed by atoms with Gasteiger partial charge in [-0.1, -0.05) is 51.4 Å². The first-order valence-corrected chi connectivity index (χ1v) is 7.35. The van der Waals surface area contributed by atoms with Crippen molar-refractivity contribution in [1.82, 2.24) is 10.1 Å². The normalized spacial score (nSPS) is 12.3. The van der Waals surface area contributed by atoms with Gasteiger partial charge >= 0.3 is 0 Å². The summed E-state index contributed by atoms with van der Waals surface area (Å²) in [5.41, 5.74) is 1.38. The molecular formula is C15H9BrClFN2O. The molecule has 1 unspecified atom stereocenters. The lowest BCUT2D eigenvalue weighted by molar-refractivity contribution is 0.383. The molecule has 1 aromatic heterocycles. The molecule has 0 radical (unpaired) electrons. The second-order valence-corrected chi connectivity index (χ2v) is 5.74. The molecule has 0 fully saturated rings. The first kappa shape index (κ1) is 14.2. The van der Waals surface area contributed by atoms with Crippen LogP contribution in [0.4, 0.5) is 4.39 Å². The van der Waals surface area contributed by atoms with Gasteiger partial charge in [-0.2, -0.15) is 4.98 Å². The molecule has 0 amide bonds. The maximum Gasteiger partial charge on any atom is 0.249 e. The molecule has 106 valence electrons. The number of aromatic nitrogens is 2. The highest BCUT2D eigenvalue weighted by atomic mass is 79.9. The number of halogens is 3. The fraction of sp³-hybridized carbons (Fsp3) is 0.0667. The summed E-state index contributed by atoms with van der Waals surface area (Å²) in [7, 11) is 0. The Hall–Kier alpha value is -1.72. The lowest BCUT2D eigenvalue weighted by Gasteiger charge is -2.03. The van der Waals surface area contributed by atoms with Gasteiger partial charge in [0.25, 0.3) is 0 Å². The Morgan fingerprint density at radius 3 is 2.62 bits per heavy atom. The summed E-state index contributed by atoms with van der Waals surface area (Å²) in [5, 5.41) is 3.32. The van der Waals surface area contributed by atoms with Crippen molar-refractivity contribution >= 4 is 27.5 Å². The minimum absolute atomic E-state index is 0.276. The van der Waals surface area contributed by atoms with E-state index in [9.17, 15) is 4.39 Å². The molecule has 0 spiro atoms. The second kappa shape index (κ2) is 5.95. The van der Waals surface area contributed by atoms with Gasteiger partial charge in [-0.25, -0.2) is 4.39 Å². The fourth-order valence-corrected chi connectivity index (χ4v) is 2.60. The van der Waals surface area contributed by atoms with E-state index in [1.54, 1.807) is 6.07 Å². The standard InChI is InChI=1S/C15H9BrClFN2O/c16-11-6-10(7-12(18)8-11)14-19-15(21-20-14)13(17)9-4-2-1-3-5-9/h1-8,13H. The van der Waals surface area contributed by atoms with E-state index in [1.165, 1.54) is 12.1 Å². The predicted octanol–water partition coefficient (Wildman–Crippen LogP) is 4.97. The quantitative estimate of drug-likeness (QED) is 0.614. The van der Waals surface area contributed by atoms with Crippen LogP contribution in [0.3, 0.4) is 0 Å². The summed E-state index contributed by atoms with van der Waals surface area (Å²) in [6.07, 6.45) is 0. The van der Waals surface area contributed by atoms with Crippen LogP contribution < -0.4 is 0 Å². The third-order valence-corrected chi connectivity index (χ3v) is 3.77. The third-order valence-electron chi connectivity index (χ3n) is 2.87. The molecule has 0 aliphatic carbocycles. The van der Waals surface area contributed by atoms with Gasteiger partial charge in [0, 0.05) is 10.0 Å². The molecule has 0 aliphatic rings. The van der Waals surface area contributed by atoms with Crippen molar-refractivity contribution in [3.8, 4) is 11.4 Å². The number of alkyl halides is 1. The third kappa shape index (κ3) is 3.14. The lowest BCUT2D eigenvalue weighted by Crippen LogP contribution is -1.93. The summed E-state index contributed by atoms with van der Waals surface area (Å²) in [6.45, 7) is 0. The largest absolute Gasteiger partial charge is 0.337 e. The Bertz CT molecular complexity index is 743. The molecule has 0 N–H and O–H groups in total. The highest BCUT2D eigenvalue weighted by molar-refractivity contribution is 9.10.